The van der Waals surface area contributed by atoms with Gasteiger partial charge in [-0.1, -0.05) is 80.6 Å². The number of benzene rings is 3. The molecule has 130 valence electrons. The lowest BCUT2D eigenvalue weighted by Crippen LogP contribution is -1.87. The van der Waals surface area contributed by atoms with Crippen molar-refractivity contribution in [1.29, 1.82) is 0 Å². The van der Waals surface area contributed by atoms with Crippen molar-refractivity contribution in [2.24, 2.45) is 0 Å². The van der Waals surface area contributed by atoms with Crippen LogP contribution in [-0.4, -0.2) is 0 Å². The SMILES string of the molecule is CCCCCCCc1ccc2cc(-c3ccc(Cl)c(F)c3)ccc2c1. The van der Waals surface area contributed by atoms with Crippen LogP contribution in [0, 0.1) is 5.82 Å². The molecule has 25 heavy (non-hydrogen) atoms. The van der Waals surface area contributed by atoms with E-state index in [-0.39, 0.29) is 10.8 Å². The summed E-state index contributed by atoms with van der Waals surface area (Å²) in [5, 5.41) is 2.58. The minimum Gasteiger partial charge on any atom is -0.205 e. The highest BCUT2D eigenvalue weighted by molar-refractivity contribution is 6.30. The maximum absolute atomic E-state index is 13.7. The maximum Gasteiger partial charge on any atom is 0.142 e. The summed E-state index contributed by atoms with van der Waals surface area (Å²) < 4.78 is 13.7. The Morgan fingerprint density at radius 1 is 0.760 bits per heavy atom. The van der Waals surface area contributed by atoms with Crippen LogP contribution < -0.4 is 0 Å². The molecule has 0 amide bonds. The first kappa shape index (κ1) is 17.9. The molecule has 3 aromatic rings. The van der Waals surface area contributed by atoms with Gasteiger partial charge >= 0.3 is 0 Å². The van der Waals surface area contributed by atoms with Crippen LogP contribution in [0.1, 0.15) is 44.6 Å². The van der Waals surface area contributed by atoms with E-state index in [4.69, 9.17) is 11.6 Å². The highest BCUT2D eigenvalue weighted by Gasteiger charge is 2.05. The fourth-order valence-electron chi connectivity index (χ4n) is 3.24. The van der Waals surface area contributed by atoms with Crippen molar-refractivity contribution < 1.29 is 4.39 Å². The van der Waals surface area contributed by atoms with Crippen molar-refractivity contribution in [1.82, 2.24) is 0 Å². The summed E-state index contributed by atoms with van der Waals surface area (Å²) in [5.41, 5.74) is 3.26. The third kappa shape index (κ3) is 4.61. The second-order valence-electron chi connectivity index (χ2n) is 6.69. The van der Waals surface area contributed by atoms with Crippen LogP contribution in [0.2, 0.25) is 5.02 Å². The fraction of sp³-hybridized carbons (Fsp3) is 0.304. The Labute approximate surface area is 154 Å². The number of halogens is 2. The van der Waals surface area contributed by atoms with E-state index in [0.717, 1.165) is 17.5 Å². The number of hydrogen-bond donors (Lipinski definition) is 0. The van der Waals surface area contributed by atoms with Crippen molar-refractivity contribution >= 4 is 22.4 Å². The molecule has 0 aliphatic rings. The second kappa shape index (κ2) is 8.49. The Morgan fingerprint density at radius 3 is 2.24 bits per heavy atom. The first-order valence-electron chi connectivity index (χ1n) is 9.15. The fourth-order valence-corrected chi connectivity index (χ4v) is 3.36. The zero-order chi connectivity index (χ0) is 17.6. The third-order valence-electron chi connectivity index (χ3n) is 4.73. The minimum atomic E-state index is -0.377. The van der Waals surface area contributed by atoms with Gasteiger partial charge in [-0.15, -0.1) is 0 Å². The zero-order valence-electron chi connectivity index (χ0n) is 14.7. The third-order valence-corrected chi connectivity index (χ3v) is 5.03. The zero-order valence-corrected chi connectivity index (χ0v) is 15.5. The van der Waals surface area contributed by atoms with E-state index in [1.54, 1.807) is 6.07 Å². The van der Waals surface area contributed by atoms with E-state index in [1.807, 2.05) is 6.07 Å². The second-order valence-corrected chi connectivity index (χ2v) is 7.10. The maximum atomic E-state index is 13.7. The Hall–Kier alpha value is -1.86. The summed E-state index contributed by atoms with van der Waals surface area (Å²) in [6, 6.07) is 17.9. The van der Waals surface area contributed by atoms with Gasteiger partial charge < -0.3 is 0 Å². The standard InChI is InChI=1S/C23H24ClF/c1-2-3-4-5-6-7-17-8-9-19-15-20(11-10-18(19)14-17)21-12-13-22(24)23(25)16-21/h8-16H,2-7H2,1H3. The molecule has 0 aromatic heterocycles. The van der Waals surface area contributed by atoms with Gasteiger partial charge in [0.25, 0.3) is 0 Å². The largest absolute Gasteiger partial charge is 0.205 e. The van der Waals surface area contributed by atoms with Gasteiger partial charge in [0.1, 0.15) is 5.82 Å². The molecular weight excluding hydrogens is 331 g/mol. The van der Waals surface area contributed by atoms with Gasteiger partial charge in [-0.05, 0) is 58.5 Å². The van der Waals surface area contributed by atoms with Gasteiger partial charge in [-0.2, -0.15) is 0 Å². The quantitative estimate of drug-likeness (QED) is 0.379. The average molecular weight is 355 g/mol. The van der Waals surface area contributed by atoms with Crippen molar-refractivity contribution in [3.63, 3.8) is 0 Å². The van der Waals surface area contributed by atoms with E-state index < -0.39 is 0 Å². The van der Waals surface area contributed by atoms with Crippen LogP contribution in [-0.2, 0) is 6.42 Å². The highest BCUT2D eigenvalue weighted by atomic mass is 35.5. The molecule has 3 rings (SSSR count). The molecule has 0 saturated carbocycles. The van der Waals surface area contributed by atoms with Crippen LogP contribution in [0.4, 0.5) is 4.39 Å². The molecule has 0 aliphatic carbocycles. The van der Waals surface area contributed by atoms with E-state index in [2.05, 4.69) is 43.3 Å². The molecule has 0 nitrogen and oxygen atoms in total. The van der Waals surface area contributed by atoms with Crippen LogP contribution in [0.25, 0.3) is 21.9 Å². The van der Waals surface area contributed by atoms with Crippen molar-refractivity contribution in [3.8, 4) is 11.1 Å². The lowest BCUT2D eigenvalue weighted by atomic mass is 9.98. The van der Waals surface area contributed by atoms with Crippen molar-refractivity contribution in [3.05, 3.63) is 71.0 Å². The lowest BCUT2D eigenvalue weighted by Gasteiger charge is -2.07. The van der Waals surface area contributed by atoms with E-state index in [9.17, 15) is 4.39 Å². The summed E-state index contributed by atoms with van der Waals surface area (Å²) in [6.45, 7) is 2.25. The molecule has 0 fully saturated rings. The first-order chi connectivity index (χ1) is 12.2. The van der Waals surface area contributed by atoms with Gasteiger partial charge in [0.2, 0.25) is 0 Å². The summed E-state index contributed by atoms with van der Waals surface area (Å²) in [6.07, 6.45) is 7.68. The Balaban J connectivity index is 1.75. The van der Waals surface area contributed by atoms with Crippen LogP contribution in [0.5, 0.6) is 0 Å². The number of fused-ring (bicyclic) bond motifs is 1. The molecule has 0 spiro atoms. The summed E-state index contributed by atoms with van der Waals surface area (Å²) in [7, 11) is 0. The lowest BCUT2D eigenvalue weighted by molar-refractivity contribution is 0.629. The van der Waals surface area contributed by atoms with Crippen LogP contribution in [0.15, 0.2) is 54.6 Å². The molecule has 0 heterocycles. The summed E-state index contributed by atoms with van der Waals surface area (Å²) >= 11 is 5.78. The normalized spacial score (nSPS) is 11.2. The number of aryl methyl sites for hydroxylation is 1. The number of hydrogen-bond acceptors (Lipinski definition) is 0. The van der Waals surface area contributed by atoms with Gasteiger partial charge in [-0.25, -0.2) is 4.39 Å². The molecule has 0 unspecified atom stereocenters. The monoisotopic (exact) mass is 354 g/mol. The summed E-state index contributed by atoms with van der Waals surface area (Å²) in [4.78, 5) is 0. The molecule has 0 bridgehead atoms. The van der Waals surface area contributed by atoms with Gasteiger partial charge in [0, 0.05) is 0 Å². The minimum absolute atomic E-state index is 0.160. The topological polar surface area (TPSA) is 0 Å². The molecule has 2 heteroatoms. The number of unbranched alkanes of at least 4 members (excludes halogenated alkanes) is 4. The van der Waals surface area contributed by atoms with Gasteiger partial charge in [-0.3, -0.25) is 0 Å². The average Bonchev–Trinajstić information content (AvgIpc) is 2.63. The Morgan fingerprint density at radius 2 is 1.44 bits per heavy atom. The smallest absolute Gasteiger partial charge is 0.142 e. The van der Waals surface area contributed by atoms with Crippen LogP contribution in [0.3, 0.4) is 0 Å². The van der Waals surface area contributed by atoms with E-state index in [0.29, 0.717) is 0 Å². The molecule has 0 atom stereocenters. The predicted molar refractivity (Wildman–Crippen MR) is 107 cm³/mol. The number of rotatable bonds is 7. The van der Waals surface area contributed by atoms with Crippen LogP contribution >= 0.6 is 11.6 Å². The van der Waals surface area contributed by atoms with Gasteiger partial charge in [0.15, 0.2) is 0 Å². The molecule has 0 radical (unpaired) electrons. The predicted octanol–water partition coefficient (Wildman–Crippen LogP) is 7.81. The summed E-state index contributed by atoms with van der Waals surface area (Å²) in [5.74, 6) is -0.377. The molecule has 0 N–H and O–H groups in total. The van der Waals surface area contributed by atoms with E-state index in [1.165, 1.54) is 54.5 Å². The molecule has 3 aromatic carbocycles. The van der Waals surface area contributed by atoms with Crippen molar-refractivity contribution in [2.45, 2.75) is 45.4 Å². The Bertz CT molecular complexity index is 854. The molecular formula is C23H24ClF. The molecule has 0 aliphatic heterocycles. The van der Waals surface area contributed by atoms with E-state index >= 15 is 0 Å². The van der Waals surface area contributed by atoms with Gasteiger partial charge in [0.05, 0.1) is 5.02 Å². The first-order valence-corrected chi connectivity index (χ1v) is 9.53. The molecule has 0 saturated heterocycles. The Kier molecular flexibility index (Phi) is 6.09. The van der Waals surface area contributed by atoms with Crippen molar-refractivity contribution in [2.75, 3.05) is 0 Å². The highest BCUT2D eigenvalue weighted by Crippen LogP contribution is 2.28.